The first-order chi connectivity index (χ1) is 9.83. The summed E-state index contributed by atoms with van der Waals surface area (Å²) in [7, 11) is -3.76. The number of sulfonamides is 1. The van der Waals surface area contributed by atoms with Crippen molar-refractivity contribution < 1.29 is 8.42 Å². The van der Waals surface area contributed by atoms with Crippen LogP contribution >= 0.6 is 27.5 Å². The van der Waals surface area contributed by atoms with Gasteiger partial charge in [-0.05, 0) is 42.8 Å². The zero-order chi connectivity index (χ0) is 15.6. The van der Waals surface area contributed by atoms with Crippen LogP contribution in [0.25, 0.3) is 0 Å². The maximum Gasteiger partial charge on any atom is 0.261 e. The van der Waals surface area contributed by atoms with E-state index in [1.54, 1.807) is 19.1 Å². The second-order valence-corrected chi connectivity index (χ2v) is 7.32. The maximum absolute atomic E-state index is 12.3. The summed E-state index contributed by atoms with van der Waals surface area (Å²) in [5.41, 5.74) is 1.50. The summed E-state index contributed by atoms with van der Waals surface area (Å²) >= 11 is 9.17. The van der Waals surface area contributed by atoms with Gasteiger partial charge in [0.15, 0.2) is 0 Å². The molecule has 0 aliphatic rings. The monoisotopic (exact) mass is 384 g/mol. The predicted molar refractivity (Wildman–Crippen MR) is 85.9 cm³/mol. The molecule has 0 atom stereocenters. The Morgan fingerprint density at radius 2 is 1.95 bits per heavy atom. The molecule has 21 heavy (non-hydrogen) atoms. The second-order valence-electron chi connectivity index (χ2n) is 4.32. The summed E-state index contributed by atoms with van der Waals surface area (Å²) in [5.74, 6) is 0. The lowest BCUT2D eigenvalue weighted by Crippen LogP contribution is -2.13. The summed E-state index contributed by atoms with van der Waals surface area (Å²) in [5, 5.41) is 8.91. The Morgan fingerprint density at radius 1 is 1.24 bits per heavy atom. The van der Waals surface area contributed by atoms with Crippen molar-refractivity contribution in [3.63, 3.8) is 0 Å². The van der Waals surface area contributed by atoms with E-state index in [2.05, 4.69) is 20.7 Å². The van der Waals surface area contributed by atoms with Gasteiger partial charge in [-0.25, -0.2) is 8.42 Å². The third-order valence-corrected chi connectivity index (χ3v) is 4.98. The molecule has 0 saturated carbocycles. The number of hydrogen-bond acceptors (Lipinski definition) is 3. The van der Waals surface area contributed by atoms with E-state index in [0.717, 1.165) is 10.0 Å². The summed E-state index contributed by atoms with van der Waals surface area (Å²) < 4.78 is 28.0. The van der Waals surface area contributed by atoms with Gasteiger partial charge in [0.05, 0.1) is 21.2 Å². The second kappa shape index (κ2) is 6.06. The van der Waals surface area contributed by atoms with Crippen molar-refractivity contribution in [2.45, 2.75) is 11.8 Å². The quantitative estimate of drug-likeness (QED) is 0.865. The first-order valence-electron chi connectivity index (χ1n) is 5.82. The minimum absolute atomic E-state index is 0.00544. The number of anilines is 1. The molecule has 2 aromatic rings. The summed E-state index contributed by atoms with van der Waals surface area (Å²) in [6.45, 7) is 1.80. The Balaban J connectivity index is 2.41. The molecule has 0 aliphatic heterocycles. The normalized spacial score (nSPS) is 11.0. The zero-order valence-electron chi connectivity index (χ0n) is 10.9. The average molecular weight is 386 g/mol. The Bertz CT molecular complexity index is 845. The summed E-state index contributed by atoms with van der Waals surface area (Å²) in [4.78, 5) is 0.00544. The highest BCUT2D eigenvalue weighted by atomic mass is 79.9. The highest BCUT2D eigenvalue weighted by molar-refractivity contribution is 9.10. The van der Waals surface area contributed by atoms with Gasteiger partial charge in [0.25, 0.3) is 10.0 Å². The number of aryl methyl sites for hydroxylation is 1. The van der Waals surface area contributed by atoms with E-state index in [-0.39, 0.29) is 15.5 Å². The Hall–Kier alpha value is -1.55. The van der Waals surface area contributed by atoms with Crippen LogP contribution < -0.4 is 4.72 Å². The topological polar surface area (TPSA) is 70.0 Å². The van der Waals surface area contributed by atoms with Crippen LogP contribution in [-0.4, -0.2) is 8.42 Å². The highest BCUT2D eigenvalue weighted by Crippen LogP contribution is 2.25. The molecule has 0 fully saturated rings. The zero-order valence-corrected chi connectivity index (χ0v) is 14.1. The van der Waals surface area contributed by atoms with Gasteiger partial charge in [-0.1, -0.05) is 33.6 Å². The van der Waals surface area contributed by atoms with Gasteiger partial charge < -0.3 is 0 Å². The Morgan fingerprint density at radius 3 is 2.57 bits per heavy atom. The van der Waals surface area contributed by atoms with E-state index < -0.39 is 10.0 Å². The molecule has 0 saturated heterocycles. The third-order valence-electron chi connectivity index (χ3n) is 2.82. The van der Waals surface area contributed by atoms with Crippen molar-refractivity contribution in [1.82, 2.24) is 0 Å². The van der Waals surface area contributed by atoms with Crippen LogP contribution in [0.3, 0.4) is 0 Å². The standard InChI is InChI=1S/C14H10BrClN2O2S/c1-9-2-4-11(15)6-14(9)18-21(19,20)12-5-3-10(8-17)13(16)7-12/h2-7,18H,1H3. The maximum atomic E-state index is 12.3. The molecular weight excluding hydrogens is 376 g/mol. The van der Waals surface area contributed by atoms with Gasteiger partial charge >= 0.3 is 0 Å². The fraction of sp³-hybridized carbons (Fsp3) is 0.0714. The summed E-state index contributed by atoms with van der Waals surface area (Å²) in [6.07, 6.45) is 0. The molecule has 0 aromatic heterocycles. The third kappa shape index (κ3) is 3.56. The highest BCUT2D eigenvalue weighted by Gasteiger charge is 2.17. The van der Waals surface area contributed by atoms with Crippen LogP contribution in [0.5, 0.6) is 0 Å². The van der Waals surface area contributed by atoms with Gasteiger partial charge in [-0.15, -0.1) is 0 Å². The van der Waals surface area contributed by atoms with Gasteiger partial charge in [-0.2, -0.15) is 5.26 Å². The molecule has 7 heteroatoms. The molecule has 0 unspecified atom stereocenters. The van der Waals surface area contributed by atoms with Gasteiger partial charge in [-0.3, -0.25) is 4.72 Å². The Labute approximate surface area is 136 Å². The molecule has 0 heterocycles. The lowest BCUT2D eigenvalue weighted by atomic mass is 10.2. The molecule has 2 rings (SSSR count). The molecule has 2 aromatic carbocycles. The SMILES string of the molecule is Cc1ccc(Br)cc1NS(=O)(=O)c1ccc(C#N)c(Cl)c1. The molecule has 0 spiro atoms. The lowest BCUT2D eigenvalue weighted by Gasteiger charge is -2.11. The van der Waals surface area contributed by atoms with Crippen molar-refractivity contribution in [2.75, 3.05) is 4.72 Å². The number of hydrogen-bond donors (Lipinski definition) is 1. The fourth-order valence-electron chi connectivity index (χ4n) is 1.66. The van der Waals surface area contributed by atoms with Crippen LogP contribution in [0.2, 0.25) is 5.02 Å². The van der Waals surface area contributed by atoms with Crippen molar-refractivity contribution >= 4 is 43.2 Å². The number of nitriles is 1. The van der Waals surface area contributed by atoms with Crippen molar-refractivity contribution in [3.05, 3.63) is 57.0 Å². The lowest BCUT2D eigenvalue weighted by molar-refractivity contribution is 0.601. The van der Waals surface area contributed by atoms with Crippen LogP contribution in [-0.2, 0) is 10.0 Å². The van der Waals surface area contributed by atoms with E-state index in [1.807, 2.05) is 12.1 Å². The number of nitrogens with zero attached hydrogens (tertiary/aromatic N) is 1. The largest absolute Gasteiger partial charge is 0.279 e. The Kier molecular flexibility index (Phi) is 4.57. The van der Waals surface area contributed by atoms with Crippen molar-refractivity contribution in [2.24, 2.45) is 0 Å². The van der Waals surface area contributed by atoms with Crippen molar-refractivity contribution in [1.29, 1.82) is 5.26 Å². The molecule has 0 amide bonds. The van der Waals surface area contributed by atoms with Crippen LogP contribution in [0.15, 0.2) is 45.8 Å². The minimum atomic E-state index is -3.76. The fourth-order valence-corrected chi connectivity index (χ4v) is 3.46. The molecule has 4 nitrogen and oxygen atoms in total. The van der Waals surface area contributed by atoms with Crippen LogP contribution in [0.1, 0.15) is 11.1 Å². The van der Waals surface area contributed by atoms with E-state index in [1.165, 1.54) is 18.2 Å². The smallest absolute Gasteiger partial charge is 0.261 e. The number of benzene rings is 2. The van der Waals surface area contributed by atoms with Gasteiger partial charge in [0.1, 0.15) is 6.07 Å². The predicted octanol–water partition coefficient (Wildman–Crippen LogP) is 4.08. The molecule has 1 N–H and O–H groups in total. The first kappa shape index (κ1) is 15.8. The molecule has 0 radical (unpaired) electrons. The van der Waals surface area contributed by atoms with E-state index in [4.69, 9.17) is 16.9 Å². The first-order valence-corrected chi connectivity index (χ1v) is 8.47. The number of halogens is 2. The number of nitrogens with one attached hydrogen (secondary N) is 1. The van der Waals surface area contributed by atoms with Crippen LogP contribution in [0, 0.1) is 18.3 Å². The molecular formula is C14H10BrClN2O2S. The summed E-state index contributed by atoms with van der Waals surface area (Å²) in [6, 6.07) is 11.2. The van der Waals surface area contributed by atoms with E-state index >= 15 is 0 Å². The van der Waals surface area contributed by atoms with Gasteiger partial charge in [0.2, 0.25) is 0 Å². The van der Waals surface area contributed by atoms with E-state index in [9.17, 15) is 8.42 Å². The average Bonchev–Trinajstić information content (AvgIpc) is 2.42. The minimum Gasteiger partial charge on any atom is -0.279 e. The molecule has 0 bridgehead atoms. The van der Waals surface area contributed by atoms with Gasteiger partial charge in [0, 0.05) is 4.47 Å². The van der Waals surface area contributed by atoms with E-state index in [0.29, 0.717) is 5.69 Å². The van der Waals surface area contributed by atoms with Crippen molar-refractivity contribution in [3.8, 4) is 6.07 Å². The molecule has 0 aliphatic carbocycles. The number of rotatable bonds is 3. The molecule has 108 valence electrons. The van der Waals surface area contributed by atoms with Crippen LogP contribution in [0.4, 0.5) is 5.69 Å².